The normalized spacial score (nSPS) is 22.3. The number of benzene rings is 1. The van der Waals surface area contributed by atoms with E-state index in [1.165, 1.54) is 0 Å². The third-order valence-electron chi connectivity index (χ3n) is 3.83. The highest BCUT2D eigenvalue weighted by Crippen LogP contribution is 2.28. The molecule has 0 saturated carbocycles. The van der Waals surface area contributed by atoms with Crippen LogP contribution in [0.3, 0.4) is 0 Å². The minimum atomic E-state index is -0.0895. The first-order valence-corrected chi connectivity index (χ1v) is 7.87. The lowest BCUT2D eigenvalue weighted by molar-refractivity contribution is -0.130. The predicted molar refractivity (Wildman–Crippen MR) is 86.3 cm³/mol. The van der Waals surface area contributed by atoms with Crippen molar-refractivity contribution in [3.8, 4) is 0 Å². The van der Waals surface area contributed by atoms with E-state index in [0.29, 0.717) is 5.02 Å². The van der Waals surface area contributed by atoms with Gasteiger partial charge in [-0.05, 0) is 51.2 Å². The molecule has 1 heterocycles. The van der Waals surface area contributed by atoms with Crippen molar-refractivity contribution in [2.75, 3.05) is 27.2 Å². The van der Waals surface area contributed by atoms with E-state index in [1.807, 2.05) is 50.2 Å². The Morgan fingerprint density at radius 1 is 1.38 bits per heavy atom. The highest BCUT2D eigenvalue weighted by molar-refractivity contribution is 6.30. The first kappa shape index (κ1) is 16.3. The van der Waals surface area contributed by atoms with E-state index in [4.69, 9.17) is 11.6 Å². The van der Waals surface area contributed by atoms with Crippen molar-refractivity contribution in [2.45, 2.75) is 32.0 Å². The molecule has 1 aliphatic rings. The highest BCUT2D eigenvalue weighted by Gasteiger charge is 2.38. The van der Waals surface area contributed by atoms with Crippen LogP contribution >= 0.6 is 11.6 Å². The fourth-order valence-electron chi connectivity index (χ4n) is 2.72. The van der Waals surface area contributed by atoms with E-state index in [0.717, 1.165) is 31.5 Å². The summed E-state index contributed by atoms with van der Waals surface area (Å²) in [7, 11) is 4.10. The van der Waals surface area contributed by atoms with Gasteiger partial charge < -0.3 is 9.80 Å². The molecular weight excluding hydrogens is 286 g/mol. The number of carbonyl (C=O) groups excluding carboxylic acids is 1. The highest BCUT2D eigenvalue weighted by atomic mass is 35.5. The van der Waals surface area contributed by atoms with Crippen molar-refractivity contribution in [2.24, 2.45) is 0 Å². The lowest BCUT2D eigenvalue weighted by Crippen LogP contribution is -2.33. The monoisotopic (exact) mass is 309 g/mol. The standard InChI is InChI=1S/C16H24ClN3O/c1-4-14-16(21)20(10-6-9-19(2)3)15(18-14)12-7-5-8-13(17)11-12/h5,7-8,11,14-15,18H,4,6,9-10H2,1-3H3. The van der Waals surface area contributed by atoms with Crippen molar-refractivity contribution < 1.29 is 4.79 Å². The van der Waals surface area contributed by atoms with E-state index >= 15 is 0 Å². The molecule has 5 heteroatoms. The average Bonchev–Trinajstić information content (AvgIpc) is 2.75. The van der Waals surface area contributed by atoms with Crippen LogP contribution in [0.15, 0.2) is 24.3 Å². The molecular formula is C16H24ClN3O. The molecule has 4 nitrogen and oxygen atoms in total. The number of hydrogen-bond donors (Lipinski definition) is 1. The van der Waals surface area contributed by atoms with Gasteiger partial charge in [-0.25, -0.2) is 0 Å². The maximum absolute atomic E-state index is 12.5. The molecule has 1 saturated heterocycles. The number of halogens is 1. The van der Waals surface area contributed by atoms with E-state index in [9.17, 15) is 4.79 Å². The van der Waals surface area contributed by atoms with E-state index in [-0.39, 0.29) is 18.1 Å². The third-order valence-corrected chi connectivity index (χ3v) is 4.06. The number of rotatable bonds is 6. The molecule has 1 aromatic carbocycles. The Labute approximate surface area is 132 Å². The third kappa shape index (κ3) is 3.96. The molecule has 21 heavy (non-hydrogen) atoms. The molecule has 0 aliphatic carbocycles. The van der Waals surface area contributed by atoms with Crippen molar-refractivity contribution in [3.05, 3.63) is 34.9 Å². The van der Waals surface area contributed by atoms with E-state index in [1.54, 1.807) is 0 Å². The molecule has 2 rings (SSSR count). The minimum absolute atomic E-state index is 0.0664. The van der Waals surface area contributed by atoms with Crippen molar-refractivity contribution in [3.63, 3.8) is 0 Å². The van der Waals surface area contributed by atoms with Gasteiger partial charge in [-0.3, -0.25) is 10.1 Å². The van der Waals surface area contributed by atoms with Crippen molar-refractivity contribution in [1.29, 1.82) is 0 Å². The van der Waals surface area contributed by atoms with E-state index < -0.39 is 0 Å². The van der Waals surface area contributed by atoms with Crippen LogP contribution in [0.25, 0.3) is 0 Å². The summed E-state index contributed by atoms with van der Waals surface area (Å²) < 4.78 is 0. The molecule has 2 unspecified atom stereocenters. The number of amides is 1. The van der Waals surface area contributed by atoms with Crippen molar-refractivity contribution >= 4 is 17.5 Å². The number of nitrogens with zero attached hydrogens (tertiary/aromatic N) is 2. The summed E-state index contributed by atoms with van der Waals surface area (Å²) in [5.74, 6) is 0.196. The van der Waals surface area contributed by atoms with Gasteiger partial charge in [0.2, 0.25) is 5.91 Å². The molecule has 1 aliphatic heterocycles. The number of carbonyl (C=O) groups is 1. The first-order chi connectivity index (χ1) is 10.0. The van der Waals surface area contributed by atoms with Gasteiger partial charge in [0.25, 0.3) is 0 Å². The predicted octanol–water partition coefficient (Wildman–Crippen LogP) is 2.50. The number of nitrogens with one attached hydrogen (secondary N) is 1. The summed E-state index contributed by atoms with van der Waals surface area (Å²) in [6.07, 6.45) is 1.71. The first-order valence-electron chi connectivity index (χ1n) is 7.49. The molecule has 0 radical (unpaired) electrons. The zero-order valence-corrected chi connectivity index (χ0v) is 13.7. The zero-order chi connectivity index (χ0) is 15.4. The van der Waals surface area contributed by atoms with Crippen LogP contribution in [0.4, 0.5) is 0 Å². The Balaban J connectivity index is 2.14. The Morgan fingerprint density at radius 2 is 2.14 bits per heavy atom. The quantitative estimate of drug-likeness (QED) is 0.877. The van der Waals surface area contributed by atoms with Gasteiger partial charge >= 0.3 is 0 Å². The fourth-order valence-corrected chi connectivity index (χ4v) is 2.92. The fraction of sp³-hybridized carbons (Fsp3) is 0.562. The van der Waals surface area contributed by atoms with Crippen LogP contribution in [0.2, 0.25) is 5.02 Å². The van der Waals surface area contributed by atoms with Gasteiger partial charge in [-0.15, -0.1) is 0 Å². The average molecular weight is 310 g/mol. The summed E-state index contributed by atoms with van der Waals surface area (Å²) in [6, 6.07) is 7.65. The topological polar surface area (TPSA) is 35.6 Å². The summed E-state index contributed by atoms with van der Waals surface area (Å²) in [5.41, 5.74) is 1.05. The molecule has 2 atom stereocenters. The summed E-state index contributed by atoms with van der Waals surface area (Å²) in [4.78, 5) is 16.6. The van der Waals surface area contributed by atoms with Gasteiger partial charge in [-0.2, -0.15) is 0 Å². The summed E-state index contributed by atoms with van der Waals surface area (Å²) in [6.45, 7) is 3.77. The second-order valence-corrected chi connectivity index (χ2v) is 6.21. The maximum Gasteiger partial charge on any atom is 0.241 e. The van der Waals surface area contributed by atoms with Gasteiger partial charge in [0, 0.05) is 11.6 Å². The van der Waals surface area contributed by atoms with Crippen LogP contribution in [0.5, 0.6) is 0 Å². The molecule has 1 fully saturated rings. The van der Waals surface area contributed by atoms with Gasteiger partial charge in [0.05, 0.1) is 6.04 Å². The lowest BCUT2D eigenvalue weighted by atomic mass is 10.1. The summed E-state index contributed by atoms with van der Waals surface area (Å²) in [5, 5.41) is 4.13. The Morgan fingerprint density at radius 3 is 2.76 bits per heavy atom. The largest absolute Gasteiger partial charge is 0.322 e. The van der Waals surface area contributed by atoms with Crippen LogP contribution in [0, 0.1) is 0 Å². The van der Waals surface area contributed by atoms with Crippen molar-refractivity contribution in [1.82, 2.24) is 15.1 Å². The molecule has 116 valence electrons. The van der Waals surface area contributed by atoms with Gasteiger partial charge in [0.1, 0.15) is 6.17 Å². The molecule has 0 aromatic heterocycles. The van der Waals surface area contributed by atoms with Crippen LogP contribution in [0.1, 0.15) is 31.5 Å². The Bertz CT molecular complexity index is 492. The van der Waals surface area contributed by atoms with Crippen LogP contribution in [-0.4, -0.2) is 48.9 Å². The van der Waals surface area contributed by atoms with Crippen LogP contribution in [-0.2, 0) is 4.79 Å². The molecule has 1 aromatic rings. The minimum Gasteiger partial charge on any atom is -0.322 e. The zero-order valence-electron chi connectivity index (χ0n) is 13.0. The molecule has 1 N–H and O–H groups in total. The molecule has 1 amide bonds. The van der Waals surface area contributed by atoms with Crippen LogP contribution < -0.4 is 5.32 Å². The smallest absolute Gasteiger partial charge is 0.241 e. The lowest BCUT2D eigenvalue weighted by Gasteiger charge is -2.25. The van der Waals surface area contributed by atoms with E-state index in [2.05, 4.69) is 10.2 Å². The van der Waals surface area contributed by atoms with Gasteiger partial charge in [-0.1, -0.05) is 30.7 Å². The Kier molecular flexibility index (Phi) is 5.62. The molecule has 0 spiro atoms. The maximum atomic E-state index is 12.5. The number of hydrogen-bond acceptors (Lipinski definition) is 3. The second kappa shape index (κ2) is 7.25. The second-order valence-electron chi connectivity index (χ2n) is 5.77. The molecule has 0 bridgehead atoms. The Hall–Kier alpha value is -1.10. The van der Waals surface area contributed by atoms with Gasteiger partial charge in [0.15, 0.2) is 0 Å². The summed E-state index contributed by atoms with van der Waals surface area (Å²) >= 11 is 6.09. The SMILES string of the molecule is CCC1NC(c2cccc(Cl)c2)N(CCCN(C)C)C1=O.